The number of amides is 1. The molecule has 1 aliphatic rings. The average Bonchev–Trinajstić information content (AvgIpc) is 2.65. The van der Waals surface area contributed by atoms with Gasteiger partial charge < -0.3 is 10.1 Å². The molecule has 128 valence electrons. The zero-order valence-corrected chi connectivity index (χ0v) is 13.5. The van der Waals surface area contributed by atoms with E-state index in [4.69, 9.17) is 10.00 Å². The maximum atomic E-state index is 12.8. The van der Waals surface area contributed by atoms with Crippen LogP contribution in [0.15, 0.2) is 36.7 Å². The SMILES string of the molecule is N#Cc1ccc(C(=O)NC2CCC(Oc3ncc(F)cn3)CC2)cc1. The third kappa shape index (κ3) is 4.51. The number of halogens is 1. The molecule has 0 radical (unpaired) electrons. The first-order valence-electron chi connectivity index (χ1n) is 8.09. The van der Waals surface area contributed by atoms with E-state index < -0.39 is 5.82 Å². The van der Waals surface area contributed by atoms with Crippen LogP contribution in [0, 0.1) is 17.1 Å². The van der Waals surface area contributed by atoms with Crippen molar-refractivity contribution >= 4 is 5.91 Å². The normalized spacial score (nSPS) is 19.7. The van der Waals surface area contributed by atoms with Crippen LogP contribution in [0.4, 0.5) is 4.39 Å². The minimum Gasteiger partial charge on any atom is -0.460 e. The van der Waals surface area contributed by atoms with Gasteiger partial charge in [-0.2, -0.15) is 5.26 Å². The fraction of sp³-hybridized carbons (Fsp3) is 0.333. The van der Waals surface area contributed by atoms with Crippen molar-refractivity contribution in [3.8, 4) is 12.1 Å². The van der Waals surface area contributed by atoms with Crippen molar-refractivity contribution in [2.24, 2.45) is 0 Å². The molecule has 0 bridgehead atoms. The number of nitrogens with zero attached hydrogens (tertiary/aromatic N) is 3. The Kier molecular flexibility index (Phi) is 5.19. The third-order valence-electron chi connectivity index (χ3n) is 4.15. The molecule has 1 amide bonds. The van der Waals surface area contributed by atoms with Crippen LogP contribution >= 0.6 is 0 Å². The summed E-state index contributed by atoms with van der Waals surface area (Å²) in [6, 6.07) is 8.83. The van der Waals surface area contributed by atoms with E-state index in [0.29, 0.717) is 11.1 Å². The highest BCUT2D eigenvalue weighted by Crippen LogP contribution is 2.22. The Bertz CT molecular complexity index is 763. The molecule has 1 saturated carbocycles. The van der Waals surface area contributed by atoms with Crippen molar-refractivity contribution in [1.29, 1.82) is 5.26 Å². The summed E-state index contributed by atoms with van der Waals surface area (Å²) in [5, 5.41) is 11.8. The van der Waals surface area contributed by atoms with Gasteiger partial charge in [0.15, 0.2) is 5.82 Å². The fourth-order valence-corrected chi connectivity index (χ4v) is 2.80. The lowest BCUT2D eigenvalue weighted by molar-refractivity contribution is 0.0885. The van der Waals surface area contributed by atoms with E-state index in [1.807, 2.05) is 6.07 Å². The summed E-state index contributed by atoms with van der Waals surface area (Å²) in [6.45, 7) is 0. The summed E-state index contributed by atoms with van der Waals surface area (Å²) >= 11 is 0. The van der Waals surface area contributed by atoms with Gasteiger partial charge in [-0.3, -0.25) is 4.79 Å². The summed E-state index contributed by atoms with van der Waals surface area (Å²) in [7, 11) is 0. The molecule has 1 aromatic heterocycles. The van der Waals surface area contributed by atoms with Gasteiger partial charge in [-0.1, -0.05) is 0 Å². The van der Waals surface area contributed by atoms with Crippen LogP contribution in [0.1, 0.15) is 41.6 Å². The van der Waals surface area contributed by atoms with E-state index in [-0.39, 0.29) is 24.1 Å². The van der Waals surface area contributed by atoms with Gasteiger partial charge in [0.1, 0.15) is 6.10 Å². The fourth-order valence-electron chi connectivity index (χ4n) is 2.80. The lowest BCUT2D eigenvalue weighted by Crippen LogP contribution is -2.39. The molecule has 1 N–H and O–H groups in total. The van der Waals surface area contributed by atoms with Crippen molar-refractivity contribution in [3.05, 3.63) is 53.6 Å². The van der Waals surface area contributed by atoms with E-state index in [1.54, 1.807) is 24.3 Å². The molecule has 0 aliphatic heterocycles. The second-order valence-corrected chi connectivity index (χ2v) is 5.94. The number of aromatic nitrogens is 2. The third-order valence-corrected chi connectivity index (χ3v) is 4.15. The van der Waals surface area contributed by atoms with Crippen LogP contribution in [-0.2, 0) is 0 Å². The number of ether oxygens (including phenoxy) is 1. The Hall–Kier alpha value is -3.01. The molecule has 1 fully saturated rings. The van der Waals surface area contributed by atoms with E-state index in [0.717, 1.165) is 38.1 Å². The lowest BCUT2D eigenvalue weighted by atomic mass is 9.92. The minimum atomic E-state index is -0.499. The Morgan fingerprint density at radius 3 is 2.40 bits per heavy atom. The maximum absolute atomic E-state index is 12.8. The first-order valence-corrected chi connectivity index (χ1v) is 8.09. The zero-order valence-electron chi connectivity index (χ0n) is 13.5. The molecule has 3 rings (SSSR count). The molecule has 0 saturated heterocycles. The van der Waals surface area contributed by atoms with Gasteiger partial charge >= 0.3 is 6.01 Å². The Morgan fingerprint density at radius 1 is 1.16 bits per heavy atom. The second kappa shape index (κ2) is 7.71. The number of carbonyl (C=O) groups is 1. The van der Waals surface area contributed by atoms with E-state index in [9.17, 15) is 9.18 Å². The predicted octanol–water partition coefficient (Wildman–Crippen LogP) is 2.61. The lowest BCUT2D eigenvalue weighted by Gasteiger charge is -2.28. The van der Waals surface area contributed by atoms with E-state index >= 15 is 0 Å². The van der Waals surface area contributed by atoms with Crippen LogP contribution in [0.3, 0.4) is 0 Å². The quantitative estimate of drug-likeness (QED) is 0.924. The summed E-state index contributed by atoms with van der Waals surface area (Å²) in [5.74, 6) is -0.641. The van der Waals surface area contributed by atoms with Gasteiger partial charge in [0.2, 0.25) is 0 Å². The van der Waals surface area contributed by atoms with Crippen LogP contribution < -0.4 is 10.1 Å². The van der Waals surface area contributed by atoms with Crippen LogP contribution in [-0.4, -0.2) is 28.0 Å². The van der Waals surface area contributed by atoms with Gasteiger partial charge in [0, 0.05) is 11.6 Å². The monoisotopic (exact) mass is 340 g/mol. The van der Waals surface area contributed by atoms with Crippen molar-refractivity contribution < 1.29 is 13.9 Å². The largest absolute Gasteiger partial charge is 0.460 e. The topological polar surface area (TPSA) is 87.9 Å². The molecule has 1 aromatic carbocycles. The molecule has 1 heterocycles. The highest BCUT2D eigenvalue weighted by molar-refractivity contribution is 5.94. The van der Waals surface area contributed by atoms with Crippen LogP contribution in [0.5, 0.6) is 6.01 Å². The summed E-state index contributed by atoms with van der Waals surface area (Å²) < 4.78 is 18.4. The number of hydrogen-bond acceptors (Lipinski definition) is 5. The van der Waals surface area contributed by atoms with Crippen molar-refractivity contribution in [2.45, 2.75) is 37.8 Å². The molecular formula is C18H17FN4O2. The van der Waals surface area contributed by atoms with Gasteiger partial charge in [-0.15, -0.1) is 0 Å². The Balaban J connectivity index is 1.47. The Labute approximate surface area is 144 Å². The molecule has 0 atom stereocenters. The van der Waals surface area contributed by atoms with E-state index in [2.05, 4.69) is 15.3 Å². The number of nitriles is 1. The smallest absolute Gasteiger partial charge is 0.316 e. The number of hydrogen-bond donors (Lipinski definition) is 1. The molecular weight excluding hydrogens is 323 g/mol. The van der Waals surface area contributed by atoms with Crippen molar-refractivity contribution in [3.63, 3.8) is 0 Å². The standard InChI is InChI=1S/C18H17FN4O2/c19-14-10-21-18(22-11-14)25-16-7-5-15(6-8-16)23-17(24)13-3-1-12(9-20)2-4-13/h1-4,10-11,15-16H,5-8H2,(H,23,24). The Morgan fingerprint density at radius 2 is 1.80 bits per heavy atom. The van der Waals surface area contributed by atoms with Crippen LogP contribution in [0.25, 0.3) is 0 Å². The summed E-state index contributed by atoms with van der Waals surface area (Å²) in [6.07, 6.45) is 5.21. The van der Waals surface area contributed by atoms with Crippen molar-refractivity contribution in [1.82, 2.24) is 15.3 Å². The highest BCUT2D eigenvalue weighted by atomic mass is 19.1. The number of rotatable bonds is 4. The van der Waals surface area contributed by atoms with Gasteiger partial charge in [-0.25, -0.2) is 14.4 Å². The van der Waals surface area contributed by atoms with Gasteiger partial charge in [0.05, 0.1) is 24.0 Å². The van der Waals surface area contributed by atoms with Gasteiger partial charge in [-0.05, 0) is 49.9 Å². The first-order chi connectivity index (χ1) is 12.1. The van der Waals surface area contributed by atoms with Crippen molar-refractivity contribution in [2.75, 3.05) is 0 Å². The maximum Gasteiger partial charge on any atom is 0.316 e. The molecule has 7 heteroatoms. The number of benzene rings is 1. The predicted molar refractivity (Wildman–Crippen MR) is 87.3 cm³/mol. The van der Waals surface area contributed by atoms with Gasteiger partial charge in [0.25, 0.3) is 5.91 Å². The number of nitrogens with one attached hydrogen (secondary N) is 1. The summed E-state index contributed by atoms with van der Waals surface area (Å²) in [5.41, 5.74) is 1.06. The average molecular weight is 340 g/mol. The first kappa shape index (κ1) is 16.8. The van der Waals surface area contributed by atoms with Crippen LogP contribution in [0.2, 0.25) is 0 Å². The summed E-state index contributed by atoms with van der Waals surface area (Å²) in [4.78, 5) is 19.8. The molecule has 0 spiro atoms. The number of carbonyl (C=O) groups excluding carboxylic acids is 1. The molecule has 1 aliphatic carbocycles. The minimum absolute atomic E-state index is 0.0338. The molecule has 2 aromatic rings. The second-order valence-electron chi connectivity index (χ2n) is 5.94. The molecule has 6 nitrogen and oxygen atoms in total. The molecule has 25 heavy (non-hydrogen) atoms. The zero-order chi connectivity index (χ0) is 17.6. The molecule has 0 unspecified atom stereocenters. The van der Waals surface area contributed by atoms with E-state index in [1.165, 1.54) is 0 Å². The highest BCUT2D eigenvalue weighted by Gasteiger charge is 2.24.